The summed E-state index contributed by atoms with van der Waals surface area (Å²) in [6.07, 6.45) is 0. The molecule has 0 saturated carbocycles. The third-order valence-electron chi connectivity index (χ3n) is 2.94. The van der Waals surface area contributed by atoms with Crippen LogP contribution in [0.15, 0.2) is 46.9 Å². The number of methoxy groups -OCH3 is 1. The molecule has 6 heteroatoms. The highest BCUT2D eigenvalue weighted by Crippen LogP contribution is 2.27. The normalized spacial score (nSPS) is 10.0. The van der Waals surface area contributed by atoms with Gasteiger partial charge in [-0.2, -0.15) is 0 Å². The molecule has 0 N–H and O–H groups in total. The van der Waals surface area contributed by atoms with Gasteiger partial charge in [-0.15, -0.1) is 0 Å². The Morgan fingerprint density at radius 3 is 2.43 bits per heavy atom. The van der Waals surface area contributed by atoms with Crippen molar-refractivity contribution in [2.24, 2.45) is 0 Å². The van der Waals surface area contributed by atoms with Crippen molar-refractivity contribution in [3.63, 3.8) is 0 Å². The lowest BCUT2D eigenvalue weighted by atomic mass is 10.2. The zero-order valence-corrected chi connectivity index (χ0v) is 14.3. The maximum Gasteiger partial charge on any atom is 0.343 e. The van der Waals surface area contributed by atoms with E-state index in [1.54, 1.807) is 24.3 Å². The largest absolute Gasteiger partial charge is 0.494 e. The highest BCUT2D eigenvalue weighted by Gasteiger charge is 2.14. The lowest BCUT2D eigenvalue weighted by Crippen LogP contribution is -2.09. The summed E-state index contributed by atoms with van der Waals surface area (Å²) in [6.45, 7) is 2.38. The fourth-order valence-electron chi connectivity index (χ4n) is 1.87. The van der Waals surface area contributed by atoms with Gasteiger partial charge >= 0.3 is 11.9 Å². The van der Waals surface area contributed by atoms with Gasteiger partial charge in [0.2, 0.25) is 0 Å². The van der Waals surface area contributed by atoms with E-state index in [9.17, 15) is 9.59 Å². The molecule has 2 aromatic rings. The number of carbonyl (C=O) groups is 2. The zero-order valence-electron chi connectivity index (χ0n) is 12.7. The summed E-state index contributed by atoms with van der Waals surface area (Å²) >= 11 is 3.28. The van der Waals surface area contributed by atoms with Gasteiger partial charge in [0.25, 0.3) is 0 Å². The highest BCUT2D eigenvalue weighted by atomic mass is 79.9. The molecule has 0 aliphatic carbocycles. The molecule has 2 rings (SSSR count). The fourth-order valence-corrected chi connectivity index (χ4v) is 2.33. The molecule has 0 aliphatic heterocycles. The maximum atomic E-state index is 12.2. The van der Waals surface area contributed by atoms with Crippen molar-refractivity contribution in [3.05, 3.63) is 58.1 Å². The van der Waals surface area contributed by atoms with Gasteiger partial charge in [-0.1, -0.05) is 6.07 Å². The van der Waals surface area contributed by atoms with Crippen molar-refractivity contribution < 1.29 is 23.8 Å². The monoisotopic (exact) mass is 378 g/mol. The molecule has 0 radical (unpaired) electrons. The first kappa shape index (κ1) is 17.0. The molecule has 0 heterocycles. The Labute approximate surface area is 142 Å². The van der Waals surface area contributed by atoms with Crippen LogP contribution >= 0.6 is 15.9 Å². The Morgan fingerprint density at radius 1 is 1.04 bits per heavy atom. The van der Waals surface area contributed by atoms with Crippen molar-refractivity contribution in [1.82, 2.24) is 0 Å². The molecule has 0 atom stereocenters. The van der Waals surface area contributed by atoms with Gasteiger partial charge in [-0.25, -0.2) is 9.59 Å². The van der Waals surface area contributed by atoms with Gasteiger partial charge in [0.05, 0.1) is 29.3 Å². The van der Waals surface area contributed by atoms with Crippen LogP contribution in [0.2, 0.25) is 0 Å². The second-order valence-corrected chi connectivity index (χ2v) is 5.34. The van der Waals surface area contributed by atoms with Gasteiger partial charge in [0, 0.05) is 0 Å². The van der Waals surface area contributed by atoms with Gasteiger partial charge < -0.3 is 14.2 Å². The number of rotatable bonds is 5. The summed E-state index contributed by atoms with van der Waals surface area (Å²) in [4.78, 5) is 23.7. The summed E-state index contributed by atoms with van der Waals surface area (Å²) in [5, 5.41) is 0. The number of esters is 2. The molecule has 0 saturated heterocycles. The van der Waals surface area contributed by atoms with E-state index >= 15 is 0 Å². The first-order chi connectivity index (χ1) is 11.0. The van der Waals surface area contributed by atoms with E-state index in [4.69, 9.17) is 9.47 Å². The molecule has 0 fully saturated rings. The van der Waals surface area contributed by atoms with Gasteiger partial charge in [-0.05, 0) is 59.3 Å². The van der Waals surface area contributed by atoms with Crippen molar-refractivity contribution in [3.8, 4) is 11.5 Å². The SMILES string of the molecule is CCOc1cccc(C(=O)Oc2ccc(C(=O)OC)cc2Br)c1. The Bertz CT molecular complexity index is 727. The second kappa shape index (κ2) is 7.78. The number of ether oxygens (including phenoxy) is 3. The number of halogens is 1. The standard InChI is InChI=1S/C17H15BrO5/c1-3-22-13-6-4-5-11(9-13)17(20)23-15-8-7-12(10-14(15)18)16(19)21-2/h4-10H,3H2,1-2H3. The van der Waals surface area contributed by atoms with E-state index in [0.29, 0.717) is 33.7 Å². The first-order valence-corrected chi connectivity index (χ1v) is 7.67. The van der Waals surface area contributed by atoms with Crippen molar-refractivity contribution >= 4 is 27.9 Å². The van der Waals surface area contributed by atoms with Crippen LogP contribution in [0.5, 0.6) is 11.5 Å². The molecule has 0 aliphatic rings. The molecule has 0 aromatic heterocycles. The zero-order chi connectivity index (χ0) is 16.8. The minimum atomic E-state index is -0.516. The predicted octanol–water partition coefficient (Wildman–Crippen LogP) is 3.85. The van der Waals surface area contributed by atoms with Crippen LogP contribution in [0.1, 0.15) is 27.6 Å². The van der Waals surface area contributed by atoms with Crippen molar-refractivity contribution in [2.45, 2.75) is 6.92 Å². The van der Waals surface area contributed by atoms with E-state index in [1.807, 2.05) is 6.92 Å². The Morgan fingerprint density at radius 2 is 1.78 bits per heavy atom. The van der Waals surface area contributed by atoms with Crippen LogP contribution in [0, 0.1) is 0 Å². The van der Waals surface area contributed by atoms with Gasteiger partial charge in [-0.3, -0.25) is 0 Å². The average molecular weight is 379 g/mol. The fraction of sp³-hybridized carbons (Fsp3) is 0.176. The summed E-state index contributed by atoms with van der Waals surface area (Å²) in [5.74, 6) is -0.0717. The second-order valence-electron chi connectivity index (χ2n) is 4.49. The highest BCUT2D eigenvalue weighted by molar-refractivity contribution is 9.10. The summed E-state index contributed by atoms with van der Waals surface area (Å²) in [6, 6.07) is 11.3. The average Bonchev–Trinajstić information content (AvgIpc) is 2.56. The van der Waals surface area contributed by atoms with E-state index in [-0.39, 0.29) is 0 Å². The molecule has 23 heavy (non-hydrogen) atoms. The molecule has 120 valence electrons. The summed E-state index contributed by atoms with van der Waals surface area (Å²) in [7, 11) is 1.30. The van der Waals surface area contributed by atoms with Gasteiger partial charge in [0.1, 0.15) is 11.5 Å². The molecular formula is C17H15BrO5. The Hall–Kier alpha value is -2.34. The molecule has 0 spiro atoms. The number of hydrogen-bond acceptors (Lipinski definition) is 5. The lowest BCUT2D eigenvalue weighted by Gasteiger charge is -2.09. The molecule has 5 nitrogen and oxygen atoms in total. The van der Waals surface area contributed by atoms with Crippen LogP contribution in [-0.2, 0) is 4.74 Å². The molecule has 2 aromatic carbocycles. The third-order valence-corrected chi connectivity index (χ3v) is 3.56. The molecule has 0 bridgehead atoms. The lowest BCUT2D eigenvalue weighted by molar-refractivity contribution is 0.0600. The minimum absolute atomic E-state index is 0.310. The molecule has 0 unspecified atom stereocenters. The number of carbonyl (C=O) groups excluding carboxylic acids is 2. The third kappa shape index (κ3) is 4.32. The maximum absolute atomic E-state index is 12.2. The van der Waals surface area contributed by atoms with Crippen molar-refractivity contribution in [1.29, 1.82) is 0 Å². The van der Waals surface area contributed by atoms with Crippen LogP contribution in [-0.4, -0.2) is 25.7 Å². The van der Waals surface area contributed by atoms with E-state index < -0.39 is 11.9 Å². The Kier molecular flexibility index (Phi) is 5.76. The molecular weight excluding hydrogens is 364 g/mol. The van der Waals surface area contributed by atoms with E-state index in [2.05, 4.69) is 20.7 Å². The van der Waals surface area contributed by atoms with Crippen molar-refractivity contribution in [2.75, 3.05) is 13.7 Å². The predicted molar refractivity (Wildman–Crippen MR) is 88.1 cm³/mol. The number of hydrogen-bond donors (Lipinski definition) is 0. The quantitative estimate of drug-likeness (QED) is 0.583. The van der Waals surface area contributed by atoms with Crippen LogP contribution < -0.4 is 9.47 Å². The Balaban J connectivity index is 2.17. The van der Waals surface area contributed by atoms with Gasteiger partial charge in [0.15, 0.2) is 0 Å². The molecule has 0 amide bonds. The van der Waals surface area contributed by atoms with Crippen LogP contribution in [0.3, 0.4) is 0 Å². The van der Waals surface area contributed by atoms with E-state index in [1.165, 1.54) is 25.3 Å². The topological polar surface area (TPSA) is 61.8 Å². The first-order valence-electron chi connectivity index (χ1n) is 6.88. The van der Waals surface area contributed by atoms with Crippen LogP contribution in [0.25, 0.3) is 0 Å². The number of benzene rings is 2. The summed E-state index contributed by atoms with van der Waals surface area (Å²) in [5.41, 5.74) is 0.734. The summed E-state index contributed by atoms with van der Waals surface area (Å²) < 4.78 is 15.8. The van der Waals surface area contributed by atoms with Crippen LogP contribution in [0.4, 0.5) is 0 Å². The van der Waals surface area contributed by atoms with E-state index in [0.717, 1.165) is 0 Å². The minimum Gasteiger partial charge on any atom is -0.494 e. The smallest absolute Gasteiger partial charge is 0.343 e.